The number of aliphatic hydroxyl groups excluding tert-OH is 1. The minimum atomic E-state index is -0.999. The molecule has 3 rings (SSSR count). The van der Waals surface area contributed by atoms with Crippen LogP contribution in [0.1, 0.15) is 23.6 Å². The van der Waals surface area contributed by atoms with Crippen LogP contribution >= 0.6 is 0 Å². The molecule has 1 saturated heterocycles. The molecule has 5 nitrogen and oxygen atoms in total. The van der Waals surface area contributed by atoms with Crippen molar-refractivity contribution in [3.63, 3.8) is 0 Å². The minimum Gasteiger partial charge on any atom is -0.391 e. The second kappa shape index (κ2) is 6.76. The molecule has 0 aliphatic carbocycles. The van der Waals surface area contributed by atoms with Crippen molar-refractivity contribution in [2.75, 3.05) is 6.54 Å². The molecule has 2 heterocycles. The number of likely N-dealkylation sites (tertiary alicyclic amines) is 1. The first-order valence-corrected chi connectivity index (χ1v) is 7.94. The number of carbonyl (C=O) groups excluding carboxylic acids is 1. The third-order valence-electron chi connectivity index (χ3n) is 4.38. The number of benzene rings is 1. The van der Waals surface area contributed by atoms with Crippen molar-refractivity contribution in [3.8, 4) is 0 Å². The summed E-state index contributed by atoms with van der Waals surface area (Å²) >= 11 is 0. The molecule has 25 heavy (non-hydrogen) atoms. The van der Waals surface area contributed by atoms with E-state index in [1.54, 1.807) is 13.0 Å². The Morgan fingerprint density at radius 3 is 2.68 bits per heavy atom. The van der Waals surface area contributed by atoms with E-state index in [4.69, 9.17) is 0 Å². The number of β-amino-alcohol motifs (C(OH)–C–C–N with tert-alkyl or cyclic N) is 1. The highest BCUT2D eigenvalue weighted by Gasteiger charge is 2.35. The van der Waals surface area contributed by atoms with Crippen LogP contribution in [0.15, 0.2) is 41.3 Å². The number of aryl methyl sites for hydroxylation is 1. The van der Waals surface area contributed by atoms with Crippen molar-refractivity contribution in [3.05, 3.63) is 69.6 Å². The van der Waals surface area contributed by atoms with Crippen molar-refractivity contribution in [2.24, 2.45) is 0 Å². The zero-order chi connectivity index (χ0) is 18.1. The predicted octanol–water partition coefficient (Wildman–Crippen LogP) is 1.77. The van der Waals surface area contributed by atoms with Crippen LogP contribution < -0.4 is 5.56 Å². The van der Waals surface area contributed by atoms with Gasteiger partial charge in [0, 0.05) is 18.8 Å². The number of amides is 1. The van der Waals surface area contributed by atoms with Crippen LogP contribution in [0.25, 0.3) is 0 Å². The van der Waals surface area contributed by atoms with E-state index < -0.39 is 23.8 Å². The number of rotatable bonds is 3. The lowest BCUT2D eigenvalue weighted by molar-refractivity contribution is -0.133. The van der Waals surface area contributed by atoms with Crippen molar-refractivity contribution < 1.29 is 18.7 Å². The Kier molecular flexibility index (Phi) is 4.67. The van der Waals surface area contributed by atoms with Gasteiger partial charge in [0.2, 0.25) is 5.91 Å². The summed E-state index contributed by atoms with van der Waals surface area (Å²) < 4.78 is 27.9. The Hall–Kier alpha value is -2.54. The second-order valence-corrected chi connectivity index (χ2v) is 6.30. The van der Waals surface area contributed by atoms with E-state index in [2.05, 4.69) is 0 Å². The van der Waals surface area contributed by atoms with E-state index in [-0.39, 0.29) is 31.0 Å². The number of aliphatic hydroxyl groups is 1. The number of pyridine rings is 1. The van der Waals surface area contributed by atoms with Gasteiger partial charge >= 0.3 is 0 Å². The molecule has 1 aromatic carbocycles. The highest BCUT2D eigenvalue weighted by Crippen LogP contribution is 2.33. The predicted molar refractivity (Wildman–Crippen MR) is 86.9 cm³/mol. The van der Waals surface area contributed by atoms with Gasteiger partial charge in [-0.3, -0.25) is 9.59 Å². The van der Waals surface area contributed by atoms with E-state index in [1.165, 1.54) is 27.8 Å². The van der Waals surface area contributed by atoms with E-state index in [9.17, 15) is 23.5 Å². The average molecular weight is 348 g/mol. The third-order valence-corrected chi connectivity index (χ3v) is 4.38. The Morgan fingerprint density at radius 2 is 2.00 bits per heavy atom. The summed E-state index contributed by atoms with van der Waals surface area (Å²) in [6, 6.07) is 6.04. The van der Waals surface area contributed by atoms with Crippen molar-refractivity contribution in [1.29, 1.82) is 0 Å². The number of carbonyl (C=O) groups is 1. The quantitative estimate of drug-likeness (QED) is 0.920. The fourth-order valence-corrected chi connectivity index (χ4v) is 3.10. The highest BCUT2D eigenvalue weighted by atomic mass is 19.2. The first kappa shape index (κ1) is 17.3. The molecule has 0 unspecified atom stereocenters. The zero-order valence-corrected chi connectivity index (χ0v) is 13.7. The molecule has 132 valence electrons. The molecule has 0 bridgehead atoms. The lowest BCUT2D eigenvalue weighted by Gasteiger charge is -2.25. The fraction of sp³-hybridized carbons (Fsp3) is 0.333. The molecule has 1 aliphatic rings. The maximum Gasteiger partial charge on any atom is 0.251 e. The van der Waals surface area contributed by atoms with E-state index in [1.807, 2.05) is 0 Å². The molecule has 1 N–H and O–H groups in total. The van der Waals surface area contributed by atoms with Gasteiger partial charge in [0.05, 0.1) is 12.1 Å². The van der Waals surface area contributed by atoms with Crippen LogP contribution in [0, 0.1) is 18.6 Å². The van der Waals surface area contributed by atoms with Gasteiger partial charge < -0.3 is 14.6 Å². The lowest BCUT2D eigenvalue weighted by atomic mass is 10.0. The topological polar surface area (TPSA) is 62.5 Å². The fourth-order valence-electron chi connectivity index (χ4n) is 3.10. The number of aromatic nitrogens is 1. The summed E-state index contributed by atoms with van der Waals surface area (Å²) in [4.78, 5) is 26.0. The Balaban J connectivity index is 1.84. The summed E-state index contributed by atoms with van der Waals surface area (Å²) in [5.74, 6) is -2.33. The molecule has 0 spiro atoms. The van der Waals surface area contributed by atoms with Crippen molar-refractivity contribution in [2.45, 2.75) is 32.0 Å². The Labute approximate surface area is 143 Å². The SMILES string of the molecule is Cc1ccn(CC(=O)N2C[C@H](O)C[C@H]2c2ccc(F)c(F)c2)c(=O)c1. The molecule has 2 atom stereocenters. The van der Waals surface area contributed by atoms with Gasteiger partial charge in [0.15, 0.2) is 11.6 Å². The van der Waals surface area contributed by atoms with Gasteiger partial charge in [-0.1, -0.05) is 6.07 Å². The smallest absolute Gasteiger partial charge is 0.251 e. The Bertz CT molecular complexity index is 866. The van der Waals surface area contributed by atoms with Crippen molar-refractivity contribution in [1.82, 2.24) is 9.47 Å². The monoisotopic (exact) mass is 348 g/mol. The first-order chi connectivity index (χ1) is 11.8. The molecular weight excluding hydrogens is 330 g/mol. The second-order valence-electron chi connectivity index (χ2n) is 6.30. The standard InChI is InChI=1S/C18H18F2N2O3/c1-11-4-5-21(17(24)6-11)10-18(25)22-9-13(23)8-16(22)12-2-3-14(19)15(20)7-12/h2-7,13,16,23H,8-10H2,1H3/t13-,16+/m1/s1. The molecule has 1 amide bonds. The van der Waals surface area contributed by atoms with Crippen LogP contribution in [0.4, 0.5) is 8.78 Å². The summed E-state index contributed by atoms with van der Waals surface area (Å²) in [5, 5.41) is 9.93. The summed E-state index contributed by atoms with van der Waals surface area (Å²) in [7, 11) is 0. The molecule has 0 radical (unpaired) electrons. The molecule has 1 aromatic heterocycles. The summed E-state index contributed by atoms with van der Waals surface area (Å²) in [6.07, 6.45) is 1.02. The molecular formula is C18H18F2N2O3. The molecule has 2 aromatic rings. The number of hydrogen-bond acceptors (Lipinski definition) is 3. The lowest BCUT2D eigenvalue weighted by Crippen LogP contribution is -2.36. The normalized spacial score (nSPS) is 20.1. The third kappa shape index (κ3) is 3.61. The van der Waals surface area contributed by atoms with Crippen molar-refractivity contribution >= 4 is 5.91 Å². The van der Waals surface area contributed by atoms with Gasteiger partial charge in [-0.05, 0) is 42.7 Å². The van der Waals surface area contributed by atoms with Crippen LogP contribution in [0.3, 0.4) is 0 Å². The van der Waals surface area contributed by atoms with Gasteiger partial charge in [0.25, 0.3) is 5.56 Å². The molecule has 1 fully saturated rings. The van der Waals surface area contributed by atoms with Crippen LogP contribution in [-0.4, -0.2) is 33.1 Å². The number of hydrogen-bond donors (Lipinski definition) is 1. The number of nitrogens with zero attached hydrogens (tertiary/aromatic N) is 2. The van der Waals surface area contributed by atoms with Gasteiger partial charge in [-0.2, -0.15) is 0 Å². The highest BCUT2D eigenvalue weighted by molar-refractivity contribution is 5.77. The van der Waals surface area contributed by atoms with Crippen LogP contribution in [0.5, 0.6) is 0 Å². The molecule has 0 saturated carbocycles. The minimum absolute atomic E-state index is 0.0864. The maximum atomic E-state index is 13.5. The first-order valence-electron chi connectivity index (χ1n) is 7.94. The largest absolute Gasteiger partial charge is 0.391 e. The van der Waals surface area contributed by atoms with E-state index in [0.29, 0.717) is 5.56 Å². The average Bonchev–Trinajstić information content (AvgIpc) is 2.95. The molecule has 1 aliphatic heterocycles. The number of halogens is 2. The van der Waals surface area contributed by atoms with E-state index >= 15 is 0 Å². The van der Waals surface area contributed by atoms with Gasteiger partial charge in [-0.25, -0.2) is 8.78 Å². The summed E-state index contributed by atoms with van der Waals surface area (Å²) in [6.45, 7) is 1.69. The Morgan fingerprint density at radius 1 is 1.24 bits per heavy atom. The van der Waals surface area contributed by atoms with Crippen LogP contribution in [-0.2, 0) is 11.3 Å². The van der Waals surface area contributed by atoms with Gasteiger partial charge in [-0.15, -0.1) is 0 Å². The summed E-state index contributed by atoms with van der Waals surface area (Å²) in [5.41, 5.74) is 0.919. The zero-order valence-electron chi connectivity index (χ0n) is 13.7. The van der Waals surface area contributed by atoms with Gasteiger partial charge in [0.1, 0.15) is 6.54 Å². The van der Waals surface area contributed by atoms with E-state index in [0.717, 1.165) is 17.7 Å². The van der Waals surface area contributed by atoms with Crippen LogP contribution in [0.2, 0.25) is 0 Å². The maximum absolute atomic E-state index is 13.5. The molecule has 7 heteroatoms.